The van der Waals surface area contributed by atoms with Crippen LogP contribution in [0.25, 0.3) is 20.7 Å². The van der Waals surface area contributed by atoms with Gasteiger partial charge in [-0.25, -0.2) is 4.98 Å². The van der Waals surface area contributed by atoms with Crippen molar-refractivity contribution >= 4 is 49.8 Å². The maximum absolute atomic E-state index is 12.3. The number of thiophene rings is 2. The number of amidine groups is 1. The van der Waals surface area contributed by atoms with Crippen molar-refractivity contribution in [2.24, 2.45) is 10.7 Å². The Bertz CT molecular complexity index is 848. The van der Waals surface area contributed by atoms with Gasteiger partial charge in [0.15, 0.2) is 5.17 Å². The lowest BCUT2D eigenvalue weighted by Gasteiger charge is -2.01. The Morgan fingerprint density at radius 2 is 2.38 bits per heavy atom. The Labute approximate surface area is 133 Å². The zero-order valence-electron chi connectivity index (χ0n) is 11.1. The summed E-state index contributed by atoms with van der Waals surface area (Å²) in [5, 5.41) is 5.12. The molecule has 0 unspecified atom stereocenters. The molecule has 3 aromatic heterocycles. The predicted molar refractivity (Wildman–Crippen MR) is 92.4 cm³/mol. The number of aliphatic imine (C=N–C) groups is 1. The smallest absolute Gasteiger partial charge is 0.260 e. The molecule has 0 fully saturated rings. The minimum absolute atomic E-state index is 0.104. The molecular formula is C13H12N4OS3. The van der Waals surface area contributed by atoms with Crippen molar-refractivity contribution in [1.29, 1.82) is 0 Å². The summed E-state index contributed by atoms with van der Waals surface area (Å²) < 4.78 is 0. The molecule has 0 aliphatic heterocycles. The molecule has 3 heterocycles. The molecule has 0 saturated heterocycles. The quantitative estimate of drug-likeness (QED) is 0.569. The topological polar surface area (TPSA) is 84.1 Å². The van der Waals surface area contributed by atoms with Crippen molar-refractivity contribution < 1.29 is 0 Å². The van der Waals surface area contributed by atoms with Crippen LogP contribution in [0.4, 0.5) is 0 Å². The second-order valence-electron chi connectivity index (χ2n) is 4.17. The summed E-state index contributed by atoms with van der Waals surface area (Å²) in [6, 6.07) is 3.98. The van der Waals surface area contributed by atoms with Crippen LogP contribution in [-0.2, 0) is 5.75 Å². The molecule has 0 atom stereocenters. The van der Waals surface area contributed by atoms with E-state index in [0.717, 1.165) is 15.3 Å². The van der Waals surface area contributed by atoms with Crippen LogP contribution in [0.5, 0.6) is 0 Å². The standard InChI is InChI=1S/C13H12N4OS3/c1-15-13(14)21-6-9-16-11(18)10-7(5-20-12(10)17-9)8-3-2-4-19-8/h2-5H,6H2,1H3,(H2,14,15)(H,16,17,18). The number of nitrogens with one attached hydrogen (secondary N) is 1. The summed E-state index contributed by atoms with van der Waals surface area (Å²) in [5.74, 6) is 1.12. The van der Waals surface area contributed by atoms with Gasteiger partial charge in [0.1, 0.15) is 10.7 Å². The number of nitrogens with two attached hydrogens (primary N) is 1. The lowest BCUT2D eigenvalue weighted by Crippen LogP contribution is -2.12. The number of H-pyrrole nitrogens is 1. The van der Waals surface area contributed by atoms with E-state index in [4.69, 9.17) is 5.73 Å². The first-order valence-electron chi connectivity index (χ1n) is 6.08. The first kappa shape index (κ1) is 14.3. The lowest BCUT2D eigenvalue weighted by molar-refractivity contribution is 1.05. The van der Waals surface area contributed by atoms with Crippen LogP contribution in [0.3, 0.4) is 0 Å². The fourth-order valence-corrected chi connectivity index (χ4v) is 4.21. The van der Waals surface area contributed by atoms with Crippen molar-refractivity contribution in [3.05, 3.63) is 39.1 Å². The molecule has 0 aliphatic rings. The number of aromatic amines is 1. The Kier molecular flexibility index (Phi) is 4.09. The second kappa shape index (κ2) is 6.00. The van der Waals surface area contributed by atoms with Crippen molar-refractivity contribution in [3.63, 3.8) is 0 Å². The minimum atomic E-state index is -0.104. The van der Waals surface area contributed by atoms with E-state index in [9.17, 15) is 4.79 Å². The van der Waals surface area contributed by atoms with E-state index < -0.39 is 0 Å². The van der Waals surface area contributed by atoms with Crippen LogP contribution >= 0.6 is 34.4 Å². The first-order chi connectivity index (χ1) is 10.2. The molecule has 3 rings (SSSR count). The summed E-state index contributed by atoms with van der Waals surface area (Å²) in [6.45, 7) is 0. The Balaban J connectivity index is 2.01. The van der Waals surface area contributed by atoms with Crippen LogP contribution in [0.2, 0.25) is 0 Å². The largest absolute Gasteiger partial charge is 0.379 e. The summed E-state index contributed by atoms with van der Waals surface area (Å²) in [5.41, 5.74) is 6.48. The Morgan fingerprint density at radius 3 is 3.10 bits per heavy atom. The van der Waals surface area contributed by atoms with Crippen LogP contribution in [0, 0.1) is 0 Å². The number of aromatic nitrogens is 2. The van der Waals surface area contributed by atoms with Gasteiger partial charge in [-0.2, -0.15) is 0 Å². The van der Waals surface area contributed by atoms with Gasteiger partial charge in [0.2, 0.25) is 0 Å². The van der Waals surface area contributed by atoms with Gasteiger partial charge in [0.25, 0.3) is 5.56 Å². The number of thioether (sulfide) groups is 1. The van der Waals surface area contributed by atoms with Gasteiger partial charge in [-0.3, -0.25) is 9.79 Å². The van der Waals surface area contributed by atoms with Crippen LogP contribution in [-0.4, -0.2) is 22.2 Å². The molecule has 0 radical (unpaired) electrons. The van der Waals surface area contributed by atoms with Crippen molar-refractivity contribution in [2.75, 3.05) is 7.05 Å². The fourth-order valence-electron chi connectivity index (χ4n) is 1.88. The highest BCUT2D eigenvalue weighted by Gasteiger charge is 2.13. The average molecular weight is 336 g/mol. The zero-order chi connectivity index (χ0) is 14.8. The Hall–Kier alpha value is -1.64. The van der Waals surface area contributed by atoms with Gasteiger partial charge in [-0.15, -0.1) is 22.7 Å². The highest BCUT2D eigenvalue weighted by Crippen LogP contribution is 2.33. The van der Waals surface area contributed by atoms with Gasteiger partial charge < -0.3 is 10.7 Å². The van der Waals surface area contributed by atoms with E-state index >= 15 is 0 Å². The highest BCUT2D eigenvalue weighted by molar-refractivity contribution is 8.13. The molecule has 0 saturated carbocycles. The molecule has 108 valence electrons. The highest BCUT2D eigenvalue weighted by atomic mass is 32.2. The summed E-state index contributed by atoms with van der Waals surface area (Å²) in [6.07, 6.45) is 0. The van der Waals surface area contributed by atoms with E-state index in [0.29, 0.717) is 22.1 Å². The zero-order valence-corrected chi connectivity index (χ0v) is 13.6. The third-order valence-corrected chi connectivity index (χ3v) is 5.53. The van der Waals surface area contributed by atoms with E-state index in [1.807, 2.05) is 22.9 Å². The lowest BCUT2D eigenvalue weighted by atomic mass is 10.2. The van der Waals surface area contributed by atoms with E-state index in [-0.39, 0.29) is 5.56 Å². The maximum Gasteiger partial charge on any atom is 0.260 e. The molecule has 0 aromatic carbocycles. The number of nitrogens with zero attached hydrogens (tertiary/aromatic N) is 2. The number of fused-ring (bicyclic) bond motifs is 1. The van der Waals surface area contributed by atoms with Crippen LogP contribution < -0.4 is 11.3 Å². The van der Waals surface area contributed by atoms with Gasteiger partial charge in [-0.05, 0) is 11.4 Å². The number of hydrogen-bond donors (Lipinski definition) is 2. The van der Waals surface area contributed by atoms with Gasteiger partial charge >= 0.3 is 0 Å². The minimum Gasteiger partial charge on any atom is -0.379 e. The molecule has 0 aliphatic carbocycles. The SMILES string of the molecule is CN=C(N)SCc1nc2scc(-c3cccs3)c2c(=O)[nH]1. The van der Waals surface area contributed by atoms with E-state index in [1.165, 1.54) is 23.1 Å². The van der Waals surface area contributed by atoms with Gasteiger partial charge in [0.05, 0.1) is 11.1 Å². The first-order valence-corrected chi connectivity index (χ1v) is 8.83. The maximum atomic E-state index is 12.3. The summed E-state index contributed by atoms with van der Waals surface area (Å²) in [4.78, 5) is 25.4. The molecule has 0 amide bonds. The molecule has 21 heavy (non-hydrogen) atoms. The molecular weight excluding hydrogens is 324 g/mol. The third-order valence-electron chi connectivity index (χ3n) is 2.86. The Morgan fingerprint density at radius 1 is 1.52 bits per heavy atom. The molecule has 3 N–H and O–H groups in total. The van der Waals surface area contributed by atoms with E-state index in [1.54, 1.807) is 18.4 Å². The normalized spacial score (nSPS) is 12.1. The second-order valence-corrected chi connectivity index (χ2v) is 6.97. The monoisotopic (exact) mass is 336 g/mol. The van der Waals surface area contributed by atoms with Crippen LogP contribution in [0.15, 0.2) is 32.7 Å². The van der Waals surface area contributed by atoms with Gasteiger partial charge in [0, 0.05) is 22.9 Å². The number of rotatable bonds is 3. The van der Waals surface area contributed by atoms with Crippen LogP contribution in [0.1, 0.15) is 5.82 Å². The average Bonchev–Trinajstić information content (AvgIpc) is 3.13. The molecule has 8 heteroatoms. The summed E-state index contributed by atoms with van der Waals surface area (Å²) >= 11 is 4.45. The molecule has 0 bridgehead atoms. The molecule has 5 nitrogen and oxygen atoms in total. The fraction of sp³-hybridized carbons (Fsp3) is 0.154. The number of hydrogen-bond acceptors (Lipinski definition) is 6. The van der Waals surface area contributed by atoms with Gasteiger partial charge in [-0.1, -0.05) is 17.8 Å². The molecule has 3 aromatic rings. The third kappa shape index (κ3) is 2.87. The van der Waals surface area contributed by atoms with Crippen molar-refractivity contribution in [2.45, 2.75) is 5.75 Å². The molecule has 0 spiro atoms. The van der Waals surface area contributed by atoms with Crippen molar-refractivity contribution in [1.82, 2.24) is 9.97 Å². The van der Waals surface area contributed by atoms with E-state index in [2.05, 4.69) is 15.0 Å². The summed E-state index contributed by atoms with van der Waals surface area (Å²) in [7, 11) is 1.63. The predicted octanol–water partition coefficient (Wildman–Crippen LogP) is 2.89. The van der Waals surface area contributed by atoms with Crippen molar-refractivity contribution in [3.8, 4) is 10.4 Å².